The molecular formula is C25H32N2O2. The molecular weight excluding hydrogens is 360 g/mol. The van der Waals surface area contributed by atoms with Crippen LogP contribution in [0.1, 0.15) is 37.0 Å². The first-order chi connectivity index (χ1) is 14.0. The van der Waals surface area contributed by atoms with Gasteiger partial charge in [0.15, 0.2) is 0 Å². The van der Waals surface area contributed by atoms with Crippen molar-refractivity contribution in [2.24, 2.45) is 11.8 Å². The Labute approximate surface area is 174 Å². The third-order valence-electron chi connectivity index (χ3n) is 6.19. The van der Waals surface area contributed by atoms with Crippen molar-refractivity contribution >= 4 is 5.91 Å². The quantitative estimate of drug-likeness (QED) is 0.775. The van der Waals surface area contributed by atoms with E-state index in [9.17, 15) is 4.79 Å². The third kappa shape index (κ3) is 4.64. The van der Waals surface area contributed by atoms with Crippen molar-refractivity contribution in [2.45, 2.75) is 52.3 Å². The first-order valence-electron chi connectivity index (χ1n) is 10.8. The van der Waals surface area contributed by atoms with Crippen LogP contribution in [0.15, 0.2) is 48.5 Å². The smallest absolute Gasteiger partial charge is 0.227 e. The molecule has 3 atom stereocenters. The summed E-state index contributed by atoms with van der Waals surface area (Å²) in [5.41, 5.74) is 3.50. The molecule has 4 heteroatoms. The Morgan fingerprint density at radius 3 is 2.24 bits per heavy atom. The number of hydrogen-bond donors (Lipinski definition) is 1. The van der Waals surface area contributed by atoms with E-state index in [1.165, 1.54) is 17.5 Å². The lowest BCUT2D eigenvalue weighted by atomic mass is 9.66. The summed E-state index contributed by atoms with van der Waals surface area (Å²) in [7, 11) is 0. The molecule has 29 heavy (non-hydrogen) atoms. The standard InChI is InChI=1S/C25H32N2O2/c1-17(2)29-23-10-8-19(9-11-23)12-24(28)27(16-20-6-4-18(3)5-7-20)25-21-13-22(25)15-26-14-21/h4-11,17,21-22,25-26H,12-16H2,1-3H3/t21-,22+,25?. The second kappa shape index (κ2) is 8.58. The number of benzene rings is 2. The van der Waals surface area contributed by atoms with Crippen LogP contribution in [0.4, 0.5) is 0 Å². The first kappa shape index (κ1) is 20.0. The lowest BCUT2D eigenvalue weighted by molar-refractivity contribution is -0.142. The Morgan fingerprint density at radius 1 is 1.03 bits per heavy atom. The highest BCUT2D eigenvalue weighted by Gasteiger charge is 2.48. The number of nitrogens with one attached hydrogen (secondary N) is 1. The van der Waals surface area contributed by atoms with Crippen LogP contribution in [0, 0.1) is 18.8 Å². The fraction of sp³-hybridized carbons (Fsp3) is 0.480. The number of hydrogen-bond acceptors (Lipinski definition) is 3. The van der Waals surface area contributed by atoms with Gasteiger partial charge in [0.05, 0.1) is 12.5 Å². The van der Waals surface area contributed by atoms with Gasteiger partial charge in [-0.3, -0.25) is 4.79 Å². The van der Waals surface area contributed by atoms with Gasteiger partial charge >= 0.3 is 0 Å². The molecule has 1 aliphatic heterocycles. The molecule has 0 radical (unpaired) electrons. The number of piperidine rings is 2. The molecule has 4 rings (SSSR count). The number of rotatable bonds is 7. The fourth-order valence-electron chi connectivity index (χ4n) is 4.71. The first-order valence-corrected chi connectivity index (χ1v) is 10.8. The molecule has 2 aliphatic rings. The van der Waals surface area contributed by atoms with Crippen molar-refractivity contribution in [2.75, 3.05) is 13.1 Å². The van der Waals surface area contributed by atoms with E-state index >= 15 is 0 Å². The number of ether oxygens (including phenoxy) is 1. The fourth-order valence-corrected chi connectivity index (χ4v) is 4.71. The van der Waals surface area contributed by atoms with E-state index in [2.05, 4.69) is 41.4 Å². The van der Waals surface area contributed by atoms with Crippen molar-refractivity contribution in [3.05, 3.63) is 65.2 Å². The highest BCUT2D eigenvalue weighted by molar-refractivity contribution is 5.79. The van der Waals surface area contributed by atoms with Crippen LogP contribution >= 0.6 is 0 Å². The van der Waals surface area contributed by atoms with E-state index in [1.807, 2.05) is 38.1 Å². The van der Waals surface area contributed by atoms with E-state index in [0.29, 0.717) is 30.8 Å². The zero-order chi connectivity index (χ0) is 20.4. The molecule has 2 bridgehead atoms. The Bertz CT molecular complexity index is 815. The molecule has 1 amide bonds. The highest BCUT2D eigenvalue weighted by atomic mass is 16.5. The Hall–Kier alpha value is -2.33. The number of nitrogens with zero attached hydrogens (tertiary/aromatic N) is 1. The van der Waals surface area contributed by atoms with Gasteiger partial charge in [-0.05, 0) is 75.4 Å². The van der Waals surface area contributed by atoms with Crippen LogP contribution in [0.25, 0.3) is 0 Å². The van der Waals surface area contributed by atoms with Crippen LogP contribution in [0.3, 0.4) is 0 Å². The Kier molecular flexibility index (Phi) is 5.91. The second-order valence-corrected chi connectivity index (χ2v) is 8.90. The van der Waals surface area contributed by atoms with Crippen LogP contribution in [-0.4, -0.2) is 36.0 Å². The molecule has 1 aliphatic carbocycles. The maximum absolute atomic E-state index is 13.4. The van der Waals surface area contributed by atoms with Gasteiger partial charge < -0.3 is 15.0 Å². The molecule has 1 saturated carbocycles. The lowest BCUT2D eigenvalue weighted by Crippen LogP contribution is -2.64. The predicted octanol–water partition coefficient (Wildman–Crippen LogP) is 3.96. The molecule has 0 aromatic heterocycles. The summed E-state index contributed by atoms with van der Waals surface area (Å²) in [5, 5.41) is 3.50. The molecule has 0 spiro atoms. The lowest BCUT2D eigenvalue weighted by Gasteiger charge is -2.54. The topological polar surface area (TPSA) is 41.6 Å². The van der Waals surface area contributed by atoms with Gasteiger partial charge in [0.2, 0.25) is 5.91 Å². The molecule has 1 saturated heterocycles. The Morgan fingerprint density at radius 2 is 1.66 bits per heavy atom. The summed E-state index contributed by atoms with van der Waals surface area (Å²) in [5.74, 6) is 2.26. The molecule has 154 valence electrons. The number of carbonyl (C=O) groups excluding carboxylic acids is 1. The zero-order valence-corrected chi connectivity index (χ0v) is 17.7. The molecule has 2 aromatic carbocycles. The predicted molar refractivity (Wildman–Crippen MR) is 116 cm³/mol. The van der Waals surface area contributed by atoms with Gasteiger partial charge in [-0.25, -0.2) is 0 Å². The molecule has 2 fully saturated rings. The Balaban J connectivity index is 1.49. The average Bonchev–Trinajstić information content (AvgIpc) is 2.70. The summed E-state index contributed by atoms with van der Waals surface area (Å²) in [4.78, 5) is 15.5. The molecule has 1 heterocycles. The summed E-state index contributed by atoms with van der Waals surface area (Å²) in [6.07, 6.45) is 1.84. The molecule has 1 unspecified atom stereocenters. The van der Waals surface area contributed by atoms with Gasteiger partial charge in [-0.1, -0.05) is 42.0 Å². The van der Waals surface area contributed by atoms with Crippen LogP contribution in [0.5, 0.6) is 5.75 Å². The molecule has 4 nitrogen and oxygen atoms in total. The van der Waals surface area contributed by atoms with Crippen LogP contribution in [-0.2, 0) is 17.8 Å². The van der Waals surface area contributed by atoms with E-state index in [-0.39, 0.29) is 12.0 Å². The molecule has 2 aromatic rings. The monoisotopic (exact) mass is 392 g/mol. The largest absolute Gasteiger partial charge is 0.491 e. The zero-order valence-electron chi connectivity index (χ0n) is 17.7. The van der Waals surface area contributed by atoms with Gasteiger partial charge in [0.1, 0.15) is 5.75 Å². The van der Waals surface area contributed by atoms with Crippen LogP contribution < -0.4 is 10.1 Å². The number of carbonyl (C=O) groups is 1. The van der Waals surface area contributed by atoms with Gasteiger partial charge in [0, 0.05) is 12.6 Å². The summed E-state index contributed by atoms with van der Waals surface area (Å²) in [6.45, 7) is 8.89. The number of fused-ring (bicyclic) bond motifs is 2. The van der Waals surface area contributed by atoms with Crippen molar-refractivity contribution < 1.29 is 9.53 Å². The minimum absolute atomic E-state index is 0.152. The third-order valence-corrected chi connectivity index (χ3v) is 6.19. The summed E-state index contributed by atoms with van der Waals surface area (Å²) < 4.78 is 5.72. The van der Waals surface area contributed by atoms with Gasteiger partial charge in [-0.2, -0.15) is 0 Å². The van der Waals surface area contributed by atoms with Crippen molar-refractivity contribution in [3.63, 3.8) is 0 Å². The second-order valence-electron chi connectivity index (χ2n) is 8.90. The summed E-state index contributed by atoms with van der Waals surface area (Å²) >= 11 is 0. The minimum Gasteiger partial charge on any atom is -0.491 e. The maximum atomic E-state index is 13.4. The molecule has 1 N–H and O–H groups in total. The van der Waals surface area contributed by atoms with Crippen molar-refractivity contribution in [1.29, 1.82) is 0 Å². The SMILES string of the molecule is Cc1ccc(CN(C(=O)Cc2ccc(OC(C)C)cc2)C2[C@@H]3CNC[C@H]2C3)cc1. The van der Waals surface area contributed by atoms with E-state index in [0.717, 1.165) is 24.4 Å². The maximum Gasteiger partial charge on any atom is 0.227 e. The average molecular weight is 393 g/mol. The van der Waals surface area contributed by atoms with Crippen LogP contribution in [0.2, 0.25) is 0 Å². The summed E-state index contributed by atoms with van der Waals surface area (Å²) in [6, 6.07) is 16.9. The normalized spacial score (nSPS) is 22.8. The number of aryl methyl sites for hydroxylation is 1. The van der Waals surface area contributed by atoms with E-state index in [1.54, 1.807) is 0 Å². The minimum atomic E-state index is 0.152. The van der Waals surface area contributed by atoms with Crippen molar-refractivity contribution in [1.82, 2.24) is 10.2 Å². The number of amides is 1. The van der Waals surface area contributed by atoms with Gasteiger partial charge in [0.25, 0.3) is 0 Å². The van der Waals surface area contributed by atoms with Gasteiger partial charge in [-0.15, -0.1) is 0 Å². The van der Waals surface area contributed by atoms with E-state index in [4.69, 9.17) is 4.74 Å². The van der Waals surface area contributed by atoms with Crippen molar-refractivity contribution in [3.8, 4) is 5.75 Å². The van der Waals surface area contributed by atoms with E-state index < -0.39 is 0 Å². The highest BCUT2D eigenvalue weighted by Crippen LogP contribution is 2.41.